The smallest absolute Gasteiger partial charge is 0.234 e. The van der Waals surface area contributed by atoms with Gasteiger partial charge in [0.15, 0.2) is 0 Å². The molecule has 0 unspecified atom stereocenters. The van der Waals surface area contributed by atoms with Crippen molar-refractivity contribution in [2.75, 3.05) is 13.1 Å². The van der Waals surface area contributed by atoms with E-state index < -0.39 is 0 Å². The Hall–Kier alpha value is -1.32. The van der Waals surface area contributed by atoms with E-state index in [1.807, 2.05) is 6.07 Å². The molecule has 3 rings (SSSR count). The van der Waals surface area contributed by atoms with Crippen molar-refractivity contribution in [3.63, 3.8) is 0 Å². The van der Waals surface area contributed by atoms with Crippen LogP contribution in [0.3, 0.4) is 0 Å². The summed E-state index contributed by atoms with van der Waals surface area (Å²) in [5.74, 6) is 0.327. The lowest BCUT2D eigenvalue weighted by atomic mass is 9.65. The number of carbonyl (C=O) groups is 1. The third-order valence-electron chi connectivity index (χ3n) is 4.28. The van der Waals surface area contributed by atoms with Gasteiger partial charge in [0.25, 0.3) is 0 Å². The summed E-state index contributed by atoms with van der Waals surface area (Å²) in [7, 11) is 0. The van der Waals surface area contributed by atoms with Crippen LogP contribution in [-0.4, -0.2) is 34.1 Å². The second-order valence-electron chi connectivity index (χ2n) is 5.26. The molecular weight excluding hydrogens is 214 g/mol. The van der Waals surface area contributed by atoms with Crippen molar-refractivity contribution in [3.8, 4) is 0 Å². The number of nitrogens with one attached hydrogen (secondary N) is 1. The lowest BCUT2D eigenvalue weighted by molar-refractivity contribution is -0.142. The molecule has 2 heterocycles. The topological polar surface area (TPSA) is 49.0 Å². The number of likely N-dealkylation sites (tertiary alicyclic amines) is 1. The van der Waals surface area contributed by atoms with Gasteiger partial charge in [0.05, 0.1) is 11.1 Å². The Morgan fingerprint density at radius 1 is 1.24 bits per heavy atom. The zero-order valence-electron chi connectivity index (χ0n) is 10.1. The molecule has 1 amide bonds. The second-order valence-corrected chi connectivity index (χ2v) is 5.26. The Kier molecular flexibility index (Phi) is 2.65. The summed E-state index contributed by atoms with van der Waals surface area (Å²) in [4.78, 5) is 14.7. The second kappa shape index (κ2) is 4.17. The van der Waals surface area contributed by atoms with E-state index in [2.05, 4.69) is 15.1 Å². The highest BCUT2D eigenvalue weighted by molar-refractivity contribution is 5.88. The maximum Gasteiger partial charge on any atom is 0.234 e. The minimum atomic E-state index is -0.270. The maximum atomic E-state index is 12.7. The van der Waals surface area contributed by atoms with Gasteiger partial charge in [0.2, 0.25) is 5.91 Å². The summed E-state index contributed by atoms with van der Waals surface area (Å²) in [6.07, 6.45) is 8.43. The highest BCUT2D eigenvalue weighted by Gasteiger charge is 2.48. The largest absolute Gasteiger partial charge is 0.342 e. The molecule has 1 saturated heterocycles. The fourth-order valence-electron chi connectivity index (χ4n) is 3.05. The summed E-state index contributed by atoms with van der Waals surface area (Å²) in [6.45, 7) is 1.88. The zero-order valence-corrected chi connectivity index (χ0v) is 10.1. The molecule has 2 aliphatic rings. The Balaban J connectivity index is 1.83. The van der Waals surface area contributed by atoms with Crippen molar-refractivity contribution in [2.45, 2.75) is 43.9 Å². The van der Waals surface area contributed by atoms with E-state index in [1.54, 1.807) is 6.20 Å². The van der Waals surface area contributed by atoms with E-state index in [0.29, 0.717) is 5.91 Å². The Morgan fingerprint density at radius 3 is 2.53 bits per heavy atom. The lowest BCUT2D eigenvalue weighted by Gasteiger charge is -2.43. The van der Waals surface area contributed by atoms with Crippen LogP contribution >= 0.6 is 0 Å². The predicted molar refractivity (Wildman–Crippen MR) is 64.5 cm³/mol. The molecule has 1 aliphatic heterocycles. The van der Waals surface area contributed by atoms with Crippen molar-refractivity contribution in [1.82, 2.24) is 15.1 Å². The Bertz CT molecular complexity index is 389. The minimum Gasteiger partial charge on any atom is -0.342 e. The monoisotopic (exact) mass is 233 g/mol. The molecule has 17 heavy (non-hydrogen) atoms. The van der Waals surface area contributed by atoms with Gasteiger partial charge in [-0.15, -0.1) is 0 Å². The van der Waals surface area contributed by atoms with Gasteiger partial charge in [-0.3, -0.25) is 9.89 Å². The van der Waals surface area contributed by atoms with E-state index in [4.69, 9.17) is 0 Å². The summed E-state index contributed by atoms with van der Waals surface area (Å²) in [5, 5.41) is 7.00. The highest BCUT2D eigenvalue weighted by atomic mass is 16.2. The molecule has 1 N–H and O–H groups in total. The van der Waals surface area contributed by atoms with E-state index in [0.717, 1.165) is 50.9 Å². The number of hydrogen-bond acceptors (Lipinski definition) is 2. The van der Waals surface area contributed by atoms with Crippen LogP contribution in [0.2, 0.25) is 0 Å². The van der Waals surface area contributed by atoms with Gasteiger partial charge in [0.1, 0.15) is 0 Å². The van der Waals surface area contributed by atoms with E-state index in [-0.39, 0.29) is 5.41 Å². The van der Waals surface area contributed by atoms with Gasteiger partial charge in [-0.2, -0.15) is 5.10 Å². The van der Waals surface area contributed by atoms with Crippen LogP contribution in [0.25, 0.3) is 0 Å². The molecule has 4 nitrogen and oxygen atoms in total. The molecule has 4 heteroatoms. The molecule has 0 spiro atoms. The van der Waals surface area contributed by atoms with Crippen LogP contribution < -0.4 is 0 Å². The maximum absolute atomic E-state index is 12.7. The van der Waals surface area contributed by atoms with Crippen LogP contribution in [0.1, 0.15) is 44.2 Å². The van der Waals surface area contributed by atoms with E-state index >= 15 is 0 Å². The summed E-state index contributed by atoms with van der Waals surface area (Å²) in [5.41, 5.74) is 0.743. The number of amides is 1. The number of nitrogens with zero attached hydrogens (tertiary/aromatic N) is 2. The van der Waals surface area contributed by atoms with Gasteiger partial charge in [-0.1, -0.05) is 6.42 Å². The van der Waals surface area contributed by atoms with Crippen LogP contribution in [0, 0.1) is 0 Å². The molecule has 1 aromatic rings. The fourth-order valence-corrected chi connectivity index (χ4v) is 3.05. The number of rotatable bonds is 2. The molecule has 0 radical (unpaired) electrons. The number of hydrogen-bond donors (Lipinski definition) is 1. The summed E-state index contributed by atoms with van der Waals surface area (Å²) >= 11 is 0. The van der Waals surface area contributed by atoms with Gasteiger partial charge < -0.3 is 4.90 Å². The predicted octanol–water partition coefficient (Wildman–Crippen LogP) is 1.84. The fraction of sp³-hybridized carbons (Fsp3) is 0.692. The molecule has 1 saturated carbocycles. The third kappa shape index (κ3) is 1.66. The van der Waals surface area contributed by atoms with Crippen molar-refractivity contribution in [1.29, 1.82) is 0 Å². The summed E-state index contributed by atoms with van der Waals surface area (Å²) < 4.78 is 0. The van der Waals surface area contributed by atoms with Crippen molar-refractivity contribution in [3.05, 3.63) is 18.0 Å². The first-order chi connectivity index (χ1) is 8.33. The minimum absolute atomic E-state index is 0.270. The number of aromatic amines is 1. The highest BCUT2D eigenvalue weighted by Crippen LogP contribution is 2.44. The van der Waals surface area contributed by atoms with Crippen LogP contribution in [0.5, 0.6) is 0 Å². The average Bonchev–Trinajstić information content (AvgIpc) is 2.83. The van der Waals surface area contributed by atoms with Gasteiger partial charge in [-0.25, -0.2) is 0 Å². The molecule has 0 bridgehead atoms. The Morgan fingerprint density at radius 2 is 2.00 bits per heavy atom. The molecule has 92 valence electrons. The first kappa shape index (κ1) is 10.8. The first-order valence-corrected chi connectivity index (χ1v) is 6.62. The summed E-state index contributed by atoms with van der Waals surface area (Å²) in [6, 6.07) is 1.96. The number of H-pyrrole nitrogens is 1. The SMILES string of the molecule is O=C(N1CCCCC1)C1(c2ccn[nH]2)CCC1. The zero-order chi connectivity index (χ0) is 11.7. The van der Waals surface area contributed by atoms with Gasteiger partial charge in [-0.05, 0) is 38.2 Å². The van der Waals surface area contributed by atoms with Crippen LogP contribution in [0.15, 0.2) is 12.3 Å². The number of carbonyl (C=O) groups excluding carboxylic acids is 1. The molecule has 1 aliphatic carbocycles. The quantitative estimate of drug-likeness (QED) is 0.847. The van der Waals surface area contributed by atoms with Gasteiger partial charge >= 0.3 is 0 Å². The standard InChI is InChI=1S/C13H19N3O/c17-12(16-9-2-1-3-10-16)13(6-4-7-13)11-5-8-14-15-11/h5,8H,1-4,6-7,9-10H2,(H,14,15). The molecule has 1 aromatic heterocycles. The normalized spacial score (nSPS) is 23.2. The third-order valence-corrected chi connectivity index (χ3v) is 4.28. The van der Waals surface area contributed by atoms with Crippen LogP contribution in [-0.2, 0) is 10.2 Å². The van der Waals surface area contributed by atoms with Crippen molar-refractivity contribution < 1.29 is 4.79 Å². The van der Waals surface area contributed by atoms with Crippen molar-refractivity contribution >= 4 is 5.91 Å². The first-order valence-electron chi connectivity index (χ1n) is 6.62. The van der Waals surface area contributed by atoms with Gasteiger partial charge in [0, 0.05) is 19.3 Å². The van der Waals surface area contributed by atoms with E-state index in [9.17, 15) is 4.79 Å². The number of piperidine rings is 1. The van der Waals surface area contributed by atoms with E-state index in [1.165, 1.54) is 6.42 Å². The lowest BCUT2D eigenvalue weighted by Crippen LogP contribution is -2.52. The van der Waals surface area contributed by atoms with Crippen molar-refractivity contribution in [2.24, 2.45) is 0 Å². The Labute approximate surface area is 101 Å². The average molecular weight is 233 g/mol. The molecule has 0 aromatic carbocycles. The van der Waals surface area contributed by atoms with Crippen LogP contribution in [0.4, 0.5) is 0 Å². The molecule has 0 atom stereocenters. The molecular formula is C13H19N3O. The number of aromatic nitrogens is 2. The molecule has 2 fully saturated rings.